The molecule has 0 amide bonds. The molecule has 0 saturated carbocycles. The average Bonchev–Trinajstić information content (AvgIpc) is 2.58. The summed E-state index contributed by atoms with van der Waals surface area (Å²) in [6, 6.07) is 0. The van der Waals surface area contributed by atoms with E-state index in [1.54, 1.807) is 0 Å². The summed E-state index contributed by atoms with van der Waals surface area (Å²) in [4.78, 5) is 4.34. The Labute approximate surface area is 143 Å². The Morgan fingerprint density at radius 3 is 2.30 bits per heavy atom. The van der Waals surface area contributed by atoms with Crippen LogP contribution in [0.1, 0.15) is 59.8 Å². The van der Waals surface area contributed by atoms with Crippen LogP contribution in [0, 0.1) is 11.8 Å². The summed E-state index contributed by atoms with van der Waals surface area (Å²) in [7, 11) is 1.83. The van der Waals surface area contributed by atoms with Gasteiger partial charge in [0.2, 0.25) is 0 Å². The fourth-order valence-corrected chi connectivity index (χ4v) is 2.40. The highest BCUT2D eigenvalue weighted by atomic mass is 15.0. The first-order valence-corrected chi connectivity index (χ1v) is 8.71. The average molecular weight is 315 g/mol. The van der Waals surface area contributed by atoms with E-state index in [-0.39, 0.29) is 0 Å². The van der Waals surface area contributed by atoms with Crippen molar-refractivity contribution in [3.63, 3.8) is 0 Å². The quantitative estimate of drug-likeness (QED) is 0.234. The zero-order chi connectivity index (χ0) is 17.7. The van der Waals surface area contributed by atoms with Crippen molar-refractivity contribution in [2.45, 2.75) is 59.8 Å². The predicted molar refractivity (Wildman–Crippen MR) is 104 cm³/mol. The molecule has 0 aliphatic heterocycles. The molecular weight excluding hydrogens is 280 g/mol. The van der Waals surface area contributed by atoms with Gasteiger partial charge >= 0.3 is 0 Å². The van der Waals surface area contributed by atoms with E-state index < -0.39 is 0 Å². The van der Waals surface area contributed by atoms with Gasteiger partial charge in [-0.3, -0.25) is 4.99 Å². The largest absolute Gasteiger partial charge is 0.350 e. The Hall–Kier alpha value is -1.75. The van der Waals surface area contributed by atoms with Gasteiger partial charge in [-0.05, 0) is 48.3 Å². The van der Waals surface area contributed by atoms with Gasteiger partial charge in [-0.1, -0.05) is 47.3 Å². The number of aliphatic imine (C=N–C) groups is 1. The van der Waals surface area contributed by atoms with E-state index >= 15 is 0 Å². The molecule has 0 radical (unpaired) electrons. The van der Waals surface area contributed by atoms with Crippen molar-refractivity contribution in [3.8, 4) is 0 Å². The number of rotatable bonds is 10. The van der Waals surface area contributed by atoms with Gasteiger partial charge in [0.1, 0.15) is 0 Å². The molecule has 128 valence electrons. The van der Waals surface area contributed by atoms with Crippen molar-refractivity contribution >= 4 is 5.84 Å². The van der Waals surface area contributed by atoms with Gasteiger partial charge in [-0.15, -0.1) is 11.5 Å². The maximum atomic E-state index is 4.34. The van der Waals surface area contributed by atoms with Gasteiger partial charge in [-0.25, -0.2) is 0 Å². The normalized spacial score (nSPS) is 14.0. The standard InChI is InChI=1S/C21H34N2/c1-8-12-19(10-3)18(6)13-14-21(22-7)23-16-15-20(11-4)17(5)9-2/h15-18H,3-4,8-9,12-14H2,1-2,5-7H3,(H,22,23)/b16-15-. The molecule has 0 aromatic carbocycles. The summed E-state index contributed by atoms with van der Waals surface area (Å²) in [5, 5.41) is 3.29. The lowest BCUT2D eigenvalue weighted by molar-refractivity contribution is 0.598. The van der Waals surface area contributed by atoms with Gasteiger partial charge in [0.25, 0.3) is 0 Å². The van der Waals surface area contributed by atoms with E-state index in [0.717, 1.165) is 43.5 Å². The minimum atomic E-state index is 0.474. The molecule has 0 bridgehead atoms. The van der Waals surface area contributed by atoms with Crippen LogP contribution in [-0.4, -0.2) is 12.9 Å². The Morgan fingerprint density at radius 1 is 1.13 bits per heavy atom. The lowest BCUT2D eigenvalue weighted by Gasteiger charge is -2.14. The summed E-state index contributed by atoms with van der Waals surface area (Å²) in [6.07, 6.45) is 9.28. The van der Waals surface area contributed by atoms with Crippen LogP contribution < -0.4 is 5.32 Å². The molecular formula is C21H34N2. The third-order valence-corrected chi connectivity index (χ3v) is 4.29. The predicted octanol–water partition coefficient (Wildman–Crippen LogP) is 5.80. The fourth-order valence-electron chi connectivity index (χ4n) is 2.40. The van der Waals surface area contributed by atoms with Gasteiger partial charge in [0, 0.05) is 19.7 Å². The van der Waals surface area contributed by atoms with Crippen LogP contribution in [0.3, 0.4) is 0 Å². The molecule has 0 saturated heterocycles. The number of nitrogens with zero attached hydrogens (tertiary/aromatic N) is 1. The lowest BCUT2D eigenvalue weighted by Crippen LogP contribution is -2.18. The van der Waals surface area contributed by atoms with E-state index in [9.17, 15) is 0 Å². The van der Waals surface area contributed by atoms with Crippen LogP contribution >= 0.6 is 0 Å². The number of allylic oxidation sites excluding steroid dienone is 3. The highest BCUT2D eigenvalue weighted by Crippen LogP contribution is 2.20. The lowest BCUT2D eigenvalue weighted by atomic mass is 9.93. The van der Waals surface area contributed by atoms with Crippen LogP contribution in [0.25, 0.3) is 0 Å². The van der Waals surface area contributed by atoms with Crippen LogP contribution in [0.4, 0.5) is 0 Å². The SMILES string of the molecule is C=C=C(/C=C\N/C(CCC(C)C(=C=C)CCC)=N\C)C(C)CC. The molecule has 0 aromatic heterocycles. The van der Waals surface area contributed by atoms with Crippen molar-refractivity contribution in [2.75, 3.05) is 7.05 Å². The minimum Gasteiger partial charge on any atom is -0.350 e. The summed E-state index contributed by atoms with van der Waals surface area (Å²) in [6.45, 7) is 16.4. The Kier molecular flexibility index (Phi) is 11.8. The molecule has 0 fully saturated rings. The molecule has 2 unspecified atom stereocenters. The summed E-state index contributed by atoms with van der Waals surface area (Å²) in [5.74, 6) is 1.97. The molecule has 0 rings (SSSR count). The van der Waals surface area contributed by atoms with E-state index in [0.29, 0.717) is 11.8 Å². The fraction of sp³-hybridized carbons (Fsp3) is 0.571. The van der Waals surface area contributed by atoms with Crippen molar-refractivity contribution in [3.05, 3.63) is 48.0 Å². The second-order valence-electron chi connectivity index (χ2n) is 5.98. The minimum absolute atomic E-state index is 0.474. The Bertz CT molecular complexity index is 498. The smallest absolute Gasteiger partial charge is 0.0999 e. The topological polar surface area (TPSA) is 24.4 Å². The Morgan fingerprint density at radius 2 is 1.83 bits per heavy atom. The molecule has 0 heterocycles. The molecule has 2 nitrogen and oxygen atoms in total. The first-order valence-electron chi connectivity index (χ1n) is 8.71. The second kappa shape index (κ2) is 12.8. The zero-order valence-electron chi connectivity index (χ0n) is 15.7. The first-order chi connectivity index (χ1) is 11.0. The van der Waals surface area contributed by atoms with Crippen molar-refractivity contribution in [2.24, 2.45) is 16.8 Å². The molecule has 2 atom stereocenters. The summed E-state index contributed by atoms with van der Waals surface area (Å²) >= 11 is 0. The maximum absolute atomic E-state index is 4.34. The molecule has 0 spiro atoms. The molecule has 0 aliphatic carbocycles. The maximum Gasteiger partial charge on any atom is 0.0999 e. The van der Waals surface area contributed by atoms with Crippen LogP contribution in [-0.2, 0) is 0 Å². The highest BCUT2D eigenvalue weighted by Gasteiger charge is 2.09. The van der Waals surface area contributed by atoms with Crippen molar-refractivity contribution in [1.29, 1.82) is 0 Å². The number of hydrogen-bond donors (Lipinski definition) is 1. The van der Waals surface area contributed by atoms with E-state index in [4.69, 9.17) is 0 Å². The molecule has 23 heavy (non-hydrogen) atoms. The third-order valence-electron chi connectivity index (χ3n) is 4.29. The van der Waals surface area contributed by atoms with E-state index in [1.165, 1.54) is 5.57 Å². The monoisotopic (exact) mass is 314 g/mol. The van der Waals surface area contributed by atoms with Crippen molar-refractivity contribution < 1.29 is 0 Å². The van der Waals surface area contributed by atoms with E-state index in [2.05, 4.69) is 62.6 Å². The molecule has 0 aromatic rings. The van der Waals surface area contributed by atoms with Gasteiger partial charge in [-0.2, -0.15) is 0 Å². The van der Waals surface area contributed by atoms with Crippen LogP contribution in [0.15, 0.2) is 53.0 Å². The summed E-state index contributed by atoms with van der Waals surface area (Å²) in [5.41, 5.74) is 8.57. The third kappa shape index (κ3) is 8.45. The highest BCUT2D eigenvalue weighted by molar-refractivity contribution is 5.82. The molecule has 2 heteroatoms. The molecule has 1 N–H and O–H groups in total. The van der Waals surface area contributed by atoms with Gasteiger partial charge < -0.3 is 5.32 Å². The number of nitrogens with one attached hydrogen (secondary N) is 1. The van der Waals surface area contributed by atoms with Gasteiger partial charge in [0.15, 0.2) is 0 Å². The first kappa shape index (κ1) is 21.2. The van der Waals surface area contributed by atoms with Crippen molar-refractivity contribution in [1.82, 2.24) is 5.32 Å². The zero-order valence-corrected chi connectivity index (χ0v) is 15.7. The van der Waals surface area contributed by atoms with Gasteiger partial charge in [0.05, 0.1) is 5.84 Å². The number of amidine groups is 1. The number of hydrogen-bond acceptors (Lipinski definition) is 1. The Balaban J connectivity index is 4.54. The van der Waals surface area contributed by atoms with E-state index in [1.807, 2.05) is 19.3 Å². The second-order valence-corrected chi connectivity index (χ2v) is 5.98. The summed E-state index contributed by atoms with van der Waals surface area (Å²) < 4.78 is 0. The van der Waals surface area contributed by atoms with Crippen LogP contribution in [0.2, 0.25) is 0 Å². The van der Waals surface area contributed by atoms with Crippen LogP contribution in [0.5, 0.6) is 0 Å². The molecule has 0 aliphatic rings.